The zero-order valence-electron chi connectivity index (χ0n) is 12.2. The van der Waals surface area contributed by atoms with E-state index in [-0.39, 0.29) is 18.0 Å². The predicted molar refractivity (Wildman–Crippen MR) is 78.3 cm³/mol. The van der Waals surface area contributed by atoms with E-state index >= 15 is 0 Å². The van der Waals surface area contributed by atoms with E-state index in [0.29, 0.717) is 11.3 Å². The Labute approximate surface area is 127 Å². The van der Waals surface area contributed by atoms with Crippen molar-refractivity contribution in [1.82, 2.24) is 9.78 Å². The second-order valence-corrected chi connectivity index (χ2v) is 4.37. The zero-order chi connectivity index (χ0) is 16.1. The summed E-state index contributed by atoms with van der Waals surface area (Å²) in [5, 5.41) is 15.6. The van der Waals surface area contributed by atoms with Gasteiger partial charge in [0.1, 0.15) is 11.8 Å². The number of anilines is 1. The van der Waals surface area contributed by atoms with Crippen LogP contribution in [0.5, 0.6) is 0 Å². The van der Waals surface area contributed by atoms with Gasteiger partial charge in [0.25, 0.3) is 5.91 Å². The van der Waals surface area contributed by atoms with Crippen molar-refractivity contribution in [2.24, 2.45) is 7.05 Å². The molecule has 0 bridgehead atoms. The predicted octanol–water partition coefficient (Wildman–Crippen LogP) is 1.72. The van der Waals surface area contributed by atoms with Gasteiger partial charge in [0.05, 0.1) is 17.9 Å². The van der Waals surface area contributed by atoms with Gasteiger partial charge in [-0.25, -0.2) is 4.79 Å². The molecule has 2 rings (SSSR count). The summed E-state index contributed by atoms with van der Waals surface area (Å²) in [5.74, 6) is -1.05. The number of hydrogen-bond acceptors (Lipinski definition) is 5. The fourth-order valence-corrected chi connectivity index (χ4v) is 1.85. The number of para-hydroxylation sites is 1. The van der Waals surface area contributed by atoms with Crippen molar-refractivity contribution < 1.29 is 14.3 Å². The Morgan fingerprint density at radius 2 is 2.14 bits per heavy atom. The molecule has 0 saturated heterocycles. The molecule has 1 heterocycles. The topological polar surface area (TPSA) is 97.0 Å². The number of esters is 1. The maximum Gasteiger partial charge on any atom is 0.356 e. The Morgan fingerprint density at radius 3 is 2.82 bits per heavy atom. The number of aromatic nitrogens is 2. The van der Waals surface area contributed by atoms with Gasteiger partial charge >= 0.3 is 5.97 Å². The molecule has 1 amide bonds. The molecule has 1 N–H and O–H groups in total. The Kier molecular flexibility index (Phi) is 4.53. The SMILES string of the molecule is CCOC(=O)c1cc(C(=O)Nc2ccccc2C#N)nn1C. The number of rotatable bonds is 4. The minimum atomic E-state index is -0.547. The lowest BCUT2D eigenvalue weighted by Crippen LogP contribution is -2.13. The number of carbonyl (C=O) groups is 2. The van der Waals surface area contributed by atoms with Gasteiger partial charge in [0, 0.05) is 13.1 Å². The Hall–Kier alpha value is -3.14. The molecule has 2 aromatic rings. The third kappa shape index (κ3) is 3.12. The molecule has 0 radical (unpaired) electrons. The summed E-state index contributed by atoms with van der Waals surface area (Å²) in [7, 11) is 1.55. The van der Waals surface area contributed by atoms with E-state index in [1.165, 1.54) is 10.7 Å². The number of aryl methyl sites for hydroxylation is 1. The van der Waals surface area contributed by atoms with Crippen LogP contribution in [0.25, 0.3) is 0 Å². The summed E-state index contributed by atoms with van der Waals surface area (Å²) in [6.45, 7) is 1.93. The quantitative estimate of drug-likeness (QED) is 0.867. The largest absolute Gasteiger partial charge is 0.461 e. The molecular weight excluding hydrogens is 284 g/mol. The van der Waals surface area contributed by atoms with Gasteiger partial charge in [-0.3, -0.25) is 9.48 Å². The van der Waals surface area contributed by atoms with Gasteiger partial charge in [-0.1, -0.05) is 12.1 Å². The van der Waals surface area contributed by atoms with Crippen molar-refractivity contribution in [2.75, 3.05) is 11.9 Å². The summed E-state index contributed by atoms with van der Waals surface area (Å²) in [4.78, 5) is 23.9. The number of benzene rings is 1. The van der Waals surface area contributed by atoms with E-state index in [1.807, 2.05) is 6.07 Å². The van der Waals surface area contributed by atoms with Crippen molar-refractivity contribution in [3.8, 4) is 6.07 Å². The molecule has 7 nitrogen and oxygen atoms in total. The van der Waals surface area contributed by atoms with Crippen LogP contribution in [0.4, 0.5) is 5.69 Å². The fourth-order valence-electron chi connectivity index (χ4n) is 1.85. The maximum atomic E-state index is 12.2. The van der Waals surface area contributed by atoms with E-state index in [4.69, 9.17) is 10.00 Å². The first-order valence-corrected chi connectivity index (χ1v) is 6.58. The lowest BCUT2D eigenvalue weighted by molar-refractivity contribution is 0.0513. The number of ether oxygens (including phenoxy) is 1. The fraction of sp³-hybridized carbons (Fsp3) is 0.200. The lowest BCUT2D eigenvalue weighted by atomic mass is 10.2. The zero-order valence-corrected chi connectivity index (χ0v) is 12.2. The highest BCUT2D eigenvalue weighted by atomic mass is 16.5. The Bertz CT molecular complexity index is 758. The first-order chi connectivity index (χ1) is 10.6. The van der Waals surface area contributed by atoms with Gasteiger partial charge in [-0.2, -0.15) is 10.4 Å². The van der Waals surface area contributed by atoms with Gasteiger partial charge in [-0.15, -0.1) is 0 Å². The Balaban J connectivity index is 2.22. The van der Waals surface area contributed by atoms with E-state index in [2.05, 4.69) is 10.4 Å². The smallest absolute Gasteiger partial charge is 0.356 e. The van der Waals surface area contributed by atoms with Crippen LogP contribution in [-0.4, -0.2) is 28.3 Å². The highest BCUT2D eigenvalue weighted by molar-refractivity contribution is 6.04. The second-order valence-electron chi connectivity index (χ2n) is 4.37. The van der Waals surface area contributed by atoms with Crippen LogP contribution in [0.1, 0.15) is 33.5 Å². The summed E-state index contributed by atoms with van der Waals surface area (Å²) < 4.78 is 6.16. The number of amides is 1. The molecule has 0 aliphatic heterocycles. The molecule has 0 atom stereocenters. The molecule has 0 unspecified atom stereocenters. The monoisotopic (exact) mass is 298 g/mol. The molecule has 22 heavy (non-hydrogen) atoms. The lowest BCUT2D eigenvalue weighted by Gasteiger charge is -2.04. The van der Waals surface area contributed by atoms with Gasteiger partial charge < -0.3 is 10.1 Å². The molecule has 0 fully saturated rings. The van der Waals surface area contributed by atoms with E-state index in [0.717, 1.165) is 0 Å². The average Bonchev–Trinajstić information content (AvgIpc) is 2.90. The number of nitrogens with zero attached hydrogens (tertiary/aromatic N) is 3. The average molecular weight is 298 g/mol. The minimum absolute atomic E-state index is 0.0679. The molecule has 7 heteroatoms. The van der Waals surface area contributed by atoms with Crippen molar-refractivity contribution in [3.05, 3.63) is 47.3 Å². The minimum Gasteiger partial charge on any atom is -0.461 e. The number of nitriles is 1. The first-order valence-electron chi connectivity index (χ1n) is 6.58. The third-order valence-electron chi connectivity index (χ3n) is 2.89. The number of hydrogen-bond donors (Lipinski definition) is 1. The maximum absolute atomic E-state index is 12.2. The first kappa shape index (κ1) is 15.3. The molecule has 1 aromatic heterocycles. The van der Waals surface area contributed by atoms with Crippen molar-refractivity contribution >= 4 is 17.6 Å². The highest BCUT2D eigenvalue weighted by Crippen LogP contribution is 2.15. The second kappa shape index (κ2) is 6.54. The van der Waals surface area contributed by atoms with Crippen molar-refractivity contribution in [1.29, 1.82) is 5.26 Å². The van der Waals surface area contributed by atoms with Crippen molar-refractivity contribution in [2.45, 2.75) is 6.92 Å². The van der Waals surface area contributed by atoms with Crippen molar-refractivity contribution in [3.63, 3.8) is 0 Å². The summed E-state index contributed by atoms with van der Waals surface area (Å²) in [6.07, 6.45) is 0. The van der Waals surface area contributed by atoms with Gasteiger partial charge in [-0.05, 0) is 19.1 Å². The number of nitrogens with one attached hydrogen (secondary N) is 1. The van der Waals surface area contributed by atoms with Crippen LogP contribution < -0.4 is 5.32 Å². The van der Waals surface area contributed by atoms with Crippen LogP contribution in [0.3, 0.4) is 0 Å². The Morgan fingerprint density at radius 1 is 1.41 bits per heavy atom. The summed E-state index contributed by atoms with van der Waals surface area (Å²) in [5.41, 5.74) is 0.981. The third-order valence-corrected chi connectivity index (χ3v) is 2.89. The van der Waals surface area contributed by atoms with Crippen LogP contribution in [0, 0.1) is 11.3 Å². The molecule has 0 aliphatic carbocycles. The molecule has 0 spiro atoms. The van der Waals surface area contributed by atoms with E-state index < -0.39 is 11.9 Å². The van der Waals surface area contributed by atoms with Crippen LogP contribution in [-0.2, 0) is 11.8 Å². The van der Waals surface area contributed by atoms with E-state index in [9.17, 15) is 9.59 Å². The molecule has 0 saturated carbocycles. The van der Waals surface area contributed by atoms with E-state index in [1.54, 1.807) is 38.2 Å². The molecule has 1 aromatic carbocycles. The summed E-state index contributed by atoms with van der Waals surface area (Å²) >= 11 is 0. The molecule has 112 valence electrons. The standard InChI is InChI=1S/C15H14N4O3/c1-3-22-15(21)13-8-12(18-19(13)2)14(20)17-11-7-5-4-6-10(11)9-16/h4-8H,3H2,1-2H3,(H,17,20). The summed E-state index contributed by atoms with van der Waals surface area (Å²) in [6, 6.07) is 9.96. The van der Waals surface area contributed by atoms with Crippen LogP contribution >= 0.6 is 0 Å². The highest BCUT2D eigenvalue weighted by Gasteiger charge is 2.19. The molecular formula is C15H14N4O3. The number of carbonyl (C=O) groups excluding carboxylic acids is 2. The molecule has 0 aliphatic rings. The normalized spacial score (nSPS) is 9.86. The van der Waals surface area contributed by atoms with Crippen LogP contribution in [0.2, 0.25) is 0 Å². The van der Waals surface area contributed by atoms with Gasteiger partial charge in [0.15, 0.2) is 5.69 Å². The van der Waals surface area contributed by atoms with Crippen LogP contribution in [0.15, 0.2) is 30.3 Å². The van der Waals surface area contributed by atoms with Gasteiger partial charge in [0.2, 0.25) is 0 Å².